The van der Waals surface area contributed by atoms with Crippen molar-refractivity contribution in [1.29, 1.82) is 0 Å². The van der Waals surface area contributed by atoms with Crippen molar-refractivity contribution in [1.82, 2.24) is 0 Å². The van der Waals surface area contributed by atoms with Crippen LogP contribution in [0.5, 0.6) is 5.75 Å². The maximum Gasteiger partial charge on any atom is 0.310 e. The third kappa shape index (κ3) is 7.00. The number of allylic oxidation sites excluding steroid dienone is 4. The molecule has 0 spiro atoms. The van der Waals surface area contributed by atoms with Gasteiger partial charge in [-0.25, -0.2) is 0 Å². The molecule has 5 nitrogen and oxygen atoms in total. The molecule has 0 aliphatic heterocycles. The summed E-state index contributed by atoms with van der Waals surface area (Å²) < 4.78 is 11.4. The van der Waals surface area contributed by atoms with Crippen LogP contribution in [0.3, 0.4) is 0 Å². The molecule has 2 aromatic carbocycles. The van der Waals surface area contributed by atoms with Gasteiger partial charge in [-0.15, -0.1) is 0 Å². The number of hydrogen-bond acceptors (Lipinski definition) is 5. The SMILES string of the molecule is CCOC(=O)Cc1ccc(CC)cc1O/C(=C/C(=C(\C)O)c1cccc(CN)c1)CC. The first-order valence-corrected chi connectivity index (χ1v) is 10.8. The average Bonchev–Trinajstić information content (AvgIpc) is 2.77. The summed E-state index contributed by atoms with van der Waals surface area (Å²) in [6, 6.07) is 13.6. The van der Waals surface area contributed by atoms with Gasteiger partial charge in [0.2, 0.25) is 0 Å². The van der Waals surface area contributed by atoms with Crippen molar-refractivity contribution in [3.63, 3.8) is 0 Å². The van der Waals surface area contributed by atoms with Crippen LogP contribution in [0.1, 0.15) is 56.4 Å². The highest BCUT2D eigenvalue weighted by Gasteiger charge is 2.13. The van der Waals surface area contributed by atoms with E-state index in [1.807, 2.05) is 55.5 Å². The van der Waals surface area contributed by atoms with E-state index in [2.05, 4.69) is 6.92 Å². The van der Waals surface area contributed by atoms with Crippen LogP contribution in [0.25, 0.3) is 5.57 Å². The molecule has 0 aliphatic carbocycles. The van der Waals surface area contributed by atoms with Gasteiger partial charge in [-0.05, 0) is 55.2 Å². The summed E-state index contributed by atoms with van der Waals surface area (Å²) in [6.45, 7) is 8.26. The average molecular weight is 424 g/mol. The van der Waals surface area contributed by atoms with Gasteiger partial charge in [0.25, 0.3) is 0 Å². The number of ether oxygens (including phenoxy) is 2. The molecule has 0 amide bonds. The van der Waals surface area contributed by atoms with Gasteiger partial charge in [0.1, 0.15) is 11.5 Å². The fourth-order valence-corrected chi connectivity index (χ4v) is 3.20. The van der Waals surface area contributed by atoms with Gasteiger partial charge in [0.15, 0.2) is 0 Å². The summed E-state index contributed by atoms with van der Waals surface area (Å²) in [7, 11) is 0. The number of aliphatic hydroxyl groups is 1. The number of benzene rings is 2. The fourth-order valence-electron chi connectivity index (χ4n) is 3.20. The smallest absolute Gasteiger partial charge is 0.310 e. The monoisotopic (exact) mass is 423 g/mol. The van der Waals surface area contributed by atoms with Crippen LogP contribution in [0, 0.1) is 0 Å². The fraction of sp³-hybridized carbons (Fsp3) is 0.346. The molecule has 0 atom stereocenters. The minimum Gasteiger partial charge on any atom is -0.512 e. The van der Waals surface area contributed by atoms with E-state index >= 15 is 0 Å². The predicted molar refractivity (Wildman–Crippen MR) is 125 cm³/mol. The van der Waals surface area contributed by atoms with Crippen molar-refractivity contribution >= 4 is 11.5 Å². The van der Waals surface area contributed by atoms with Crippen molar-refractivity contribution in [2.45, 2.75) is 53.5 Å². The third-order valence-electron chi connectivity index (χ3n) is 4.94. The van der Waals surface area contributed by atoms with E-state index < -0.39 is 0 Å². The molecular formula is C26H33NO4. The zero-order chi connectivity index (χ0) is 22.8. The normalized spacial score (nSPS) is 12.4. The molecule has 0 aromatic heterocycles. The second kappa shape index (κ2) is 12.0. The molecule has 0 radical (unpaired) electrons. The number of rotatable bonds is 10. The molecular weight excluding hydrogens is 390 g/mol. The highest BCUT2D eigenvalue weighted by molar-refractivity contribution is 5.76. The maximum absolute atomic E-state index is 12.0. The lowest BCUT2D eigenvalue weighted by atomic mass is 10.0. The van der Waals surface area contributed by atoms with Crippen LogP contribution in [-0.4, -0.2) is 17.7 Å². The summed E-state index contributed by atoms with van der Waals surface area (Å²) in [6.07, 6.45) is 3.46. The first-order chi connectivity index (χ1) is 14.9. The Hall–Kier alpha value is -3.05. The number of aryl methyl sites for hydroxylation is 1. The van der Waals surface area contributed by atoms with Crippen molar-refractivity contribution in [2.24, 2.45) is 5.73 Å². The van der Waals surface area contributed by atoms with E-state index in [0.29, 0.717) is 36.7 Å². The van der Waals surface area contributed by atoms with E-state index in [9.17, 15) is 9.90 Å². The molecule has 5 heteroatoms. The van der Waals surface area contributed by atoms with E-state index in [4.69, 9.17) is 15.2 Å². The quantitative estimate of drug-likeness (QED) is 0.301. The number of nitrogens with two attached hydrogens (primary N) is 1. The molecule has 2 rings (SSSR count). The third-order valence-corrected chi connectivity index (χ3v) is 4.94. The lowest BCUT2D eigenvalue weighted by Gasteiger charge is -2.15. The van der Waals surface area contributed by atoms with Crippen molar-refractivity contribution in [2.75, 3.05) is 6.61 Å². The second-order valence-electron chi connectivity index (χ2n) is 7.25. The molecule has 0 fully saturated rings. The van der Waals surface area contributed by atoms with Crippen LogP contribution in [0.15, 0.2) is 60.1 Å². The first kappa shape index (κ1) is 24.2. The number of hydrogen-bond donors (Lipinski definition) is 2. The molecule has 0 bridgehead atoms. The molecule has 31 heavy (non-hydrogen) atoms. The molecule has 0 saturated heterocycles. The van der Waals surface area contributed by atoms with Gasteiger partial charge < -0.3 is 20.3 Å². The van der Waals surface area contributed by atoms with Gasteiger partial charge in [0.05, 0.1) is 18.8 Å². The number of carbonyl (C=O) groups is 1. The Balaban J connectivity index is 2.42. The summed E-state index contributed by atoms with van der Waals surface area (Å²) in [5.74, 6) is 1.22. The topological polar surface area (TPSA) is 81.8 Å². The first-order valence-electron chi connectivity index (χ1n) is 10.8. The molecule has 0 heterocycles. The Morgan fingerprint density at radius 2 is 1.87 bits per heavy atom. The van der Waals surface area contributed by atoms with E-state index in [-0.39, 0.29) is 18.1 Å². The van der Waals surface area contributed by atoms with E-state index in [0.717, 1.165) is 28.7 Å². The van der Waals surface area contributed by atoms with E-state index in [1.165, 1.54) is 0 Å². The maximum atomic E-state index is 12.0. The largest absolute Gasteiger partial charge is 0.512 e. The second-order valence-corrected chi connectivity index (χ2v) is 7.25. The zero-order valence-corrected chi connectivity index (χ0v) is 18.9. The Labute approximate surface area is 185 Å². The number of carbonyl (C=O) groups excluding carboxylic acids is 1. The standard InChI is InChI=1S/C26H33NO4/c1-5-19-11-12-22(15-26(29)30-7-3)25(14-19)31-23(6-2)16-24(18(4)28)21-10-8-9-20(13-21)17-27/h8-14,16,28H,5-7,15,17,27H2,1-4H3/b23-16+,24-18-. The number of esters is 1. The lowest BCUT2D eigenvalue weighted by Crippen LogP contribution is -2.09. The predicted octanol–water partition coefficient (Wildman–Crippen LogP) is 5.48. The molecule has 0 aliphatic rings. The summed E-state index contributed by atoms with van der Waals surface area (Å²) >= 11 is 0. The minimum absolute atomic E-state index is 0.143. The Bertz CT molecular complexity index is 956. The summed E-state index contributed by atoms with van der Waals surface area (Å²) in [5, 5.41) is 10.3. The molecule has 2 aromatic rings. The summed E-state index contributed by atoms with van der Waals surface area (Å²) in [5.41, 5.74) is 10.2. The van der Waals surface area contributed by atoms with Gasteiger partial charge in [-0.1, -0.05) is 44.2 Å². The minimum atomic E-state index is -0.288. The van der Waals surface area contributed by atoms with Crippen LogP contribution < -0.4 is 10.5 Å². The molecule has 0 unspecified atom stereocenters. The van der Waals surface area contributed by atoms with Crippen molar-refractivity contribution in [3.05, 3.63) is 82.3 Å². The Morgan fingerprint density at radius 1 is 1.10 bits per heavy atom. The van der Waals surface area contributed by atoms with Crippen molar-refractivity contribution < 1.29 is 19.4 Å². The van der Waals surface area contributed by atoms with Crippen LogP contribution in [0.2, 0.25) is 0 Å². The van der Waals surface area contributed by atoms with Crippen LogP contribution >= 0.6 is 0 Å². The Morgan fingerprint density at radius 3 is 2.48 bits per heavy atom. The van der Waals surface area contributed by atoms with Crippen LogP contribution in [-0.2, 0) is 28.9 Å². The van der Waals surface area contributed by atoms with Crippen LogP contribution in [0.4, 0.5) is 0 Å². The number of aliphatic hydroxyl groups excluding tert-OH is 1. The zero-order valence-electron chi connectivity index (χ0n) is 18.9. The molecule has 166 valence electrons. The highest BCUT2D eigenvalue weighted by atomic mass is 16.5. The molecule has 3 N–H and O–H groups in total. The van der Waals surface area contributed by atoms with E-state index in [1.54, 1.807) is 13.8 Å². The lowest BCUT2D eigenvalue weighted by molar-refractivity contribution is -0.142. The van der Waals surface area contributed by atoms with Gasteiger partial charge in [-0.2, -0.15) is 0 Å². The Kier molecular flexibility index (Phi) is 9.35. The van der Waals surface area contributed by atoms with Gasteiger partial charge >= 0.3 is 5.97 Å². The highest BCUT2D eigenvalue weighted by Crippen LogP contribution is 2.28. The van der Waals surface area contributed by atoms with Gasteiger partial charge in [0, 0.05) is 24.1 Å². The molecule has 0 saturated carbocycles. The van der Waals surface area contributed by atoms with Crippen molar-refractivity contribution in [3.8, 4) is 5.75 Å². The van der Waals surface area contributed by atoms with Gasteiger partial charge in [-0.3, -0.25) is 4.79 Å². The summed E-state index contributed by atoms with van der Waals surface area (Å²) in [4.78, 5) is 12.0.